The van der Waals surface area contributed by atoms with E-state index in [9.17, 15) is 13.2 Å². The van der Waals surface area contributed by atoms with Crippen molar-refractivity contribution in [2.75, 3.05) is 19.7 Å². The van der Waals surface area contributed by atoms with Crippen molar-refractivity contribution >= 4 is 27.5 Å². The van der Waals surface area contributed by atoms with Crippen molar-refractivity contribution in [2.24, 2.45) is 5.92 Å². The third kappa shape index (κ3) is 5.50. The molecule has 2 aromatic rings. The summed E-state index contributed by atoms with van der Waals surface area (Å²) in [6, 6.07) is 13.6. The first-order valence-corrected chi connectivity index (χ1v) is 11.5. The lowest BCUT2D eigenvalue weighted by Crippen LogP contribution is -2.45. The molecule has 1 atom stereocenters. The number of hydrogen-bond acceptors (Lipinski definition) is 4. The Morgan fingerprint density at radius 3 is 2.52 bits per heavy atom. The maximum Gasteiger partial charge on any atom is 0.243 e. The van der Waals surface area contributed by atoms with Crippen LogP contribution in [0.5, 0.6) is 5.75 Å². The van der Waals surface area contributed by atoms with E-state index in [1.807, 2.05) is 31.2 Å². The van der Waals surface area contributed by atoms with E-state index in [0.717, 1.165) is 11.3 Å². The lowest BCUT2D eigenvalue weighted by Gasteiger charge is -2.31. The van der Waals surface area contributed by atoms with Gasteiger partial charge in [-0.25, -0.2) is 8.42 Å². The minimum Gasteiger partial charge on any atom is -0.494 e. The van der Waals surface area contributed by atoms with Crippen molar-refractivity contribution in [3.8, 4) is 5.75 Å². The maximum absolute atomic E-state index is 12.9. The molecule has 0 radical (unpaired) electrons. The second kappa shape index (κ2) is 9.61. The van der Waals surface area contributed by atoms with E-state index in [1.165, 1.54) is 16.4 Å². The SMILES string of the molecule is CCOc1ccc(CNC(=O)[C@H]2CCCN(S(=O)(=O)c3ccc(Cl)cc3)C2)cc1. The number of amides is 1. The molecule has 8 heteroatoms. The first-order chi connectivity index (χ1) is 13.9. The van der Waals surface area contributed by atoms with E-state index in [-0.39, 0.29) is 23.3 Å². The summed E-state index contributed by atoms with van der Waals surface area (Å²) >= 11 is 5.85. The fourth-order valence-electron chi connectivity index (χ4n) is 3.33. The van der Waals surface area contributed by atoms with E-state index >= 15 is 0 Å². The van der Waals surface area contributed by atoms with Crippen molar-refractivity contribution < 1.29 is 17.9 Å². The highest BCUT2D eigenvalue weighted by Gasteiger charge is 2.33. The van der Waals surface area contributed by atoms with Crippen LogP contribution in [0.4, 0.5) is 0 Å². The minimum absolute atomic E-state index is 0.130. The number of halogens is 1. The molecule has 3 rings (SSSR count). The molecule has 29 heavy (non-hydrogen) atoms. The Morgan fingerprint density at radius 1 is 1.17 bits per heavy atom. The van der Waals surface area contributed by atoms with Crippen LogP contribution in [0.3, 0.4) is 0 Å². The summed E-state index contributed by atoms with van der Waals surface area (Å²) < 4.78 is 32.5. The van der Waals surface area contributed by atoms with Gasteiger partial charge < -0.3 is 10.1 Å². The molecule has 1 heterocycles. The molecule has 156 valence electrons. The van der Waals surface area contributed by atoms with Crippen LogP contribution in [-0.4, -0.2) is 38.3 Å². The Bertz CT molecular complexity index is 930. The number of benzene rings is 2. The Balaban J connectivity index is 1.59. The van der Waals surface area contributed by atoms with E-state index in [0.29, 0.717) is 37.6 Å². The highest BCUT2D eigenvalue weighted by atomic mass is 35.5. The maximum atomic E-state index is 12.9. The van der Waals surface area contributed by atoms with E-state index < -0.39 is 10.0 Å². The molecule has 0 spiro atoms. The van der Waals surface area contributed by atoms with Gasteiger partial charge in [0.05, 0.1) is 17.4 Å². The molecule has 6 nitrogen and oxygen atoms in total. The van der Waals surface area contributed by atoms with Crippen LogP contribution >= 0.6 is 11.6 Å². The van der Waals surface area contributed by atoms with Crippen LogP contribution in [-0.2, 0) is 21.4 Å². The topological polar surface area (TPSA) is 75.7 Å². The van der Waals surface area contributed by atoms with Gasteiger partial charge in [-0.2, -0.15) is 4.31 Å². The minimum atomic E-state index is -3.64. The quantitative estimate of drug-likeness (QED) is 0.721. The zero-order valence-electron chi connectivity index (χ0n) is 16.3. The van der Waals surface area contributed by atoms with E-state index in [2.05, 4.69) is 5.32 Å². The predicted octanol–water partition coefficient (Wildman–Crippen LogP) is 3.46. The second-order valence-electron chi connectivity index (χ2n) is 6.95. The molecular weight excluding hydrogens is 412 g/mol. The number of carbonyl (C=O) groups excluding carboxylic acids is 1. The van der Waals surface area contributed by atoms with Gasteiger partial charge in [0.25, 0.3) is 0 Å². The second-order valence-corrected chi connectivity index (χ2v) is 9.33. The summed E-state index contributed by atoms with van der Waals surface area (Å²) in [5.41, 5.74) is 0.961. The van der Waals surface area contributed by atoms with Gasteiger partial charge in [-0.15, -0.1) is 0 Å². The third-order valence-corrected chi connectivity index (χ3v) is 7.04. The predicted molar refractivity (Wildman–Crippen MR) is 112 cm³/mol. The normalized spacial score (nSPS) is 17.7. The highest BCUT2D eigenvalue weighted by molar-refractivity contribution is 7.89. The van der Waals surface area contributed by atoms with Crippen LogP contribution in [0.25, 0.3) is 0 Å². The first-order valence-electron chi connectivity index (χ1n) is 9.65. The summed E-state index contributed by atoms with van der Waals surface area (Å²) in [6.07, 6.45) is 1.32. The number of nitrogens with one attached hydrogen (secondary N) is 1. The van der Waals surface area contributed by atoms with Crippen LogP contribution < -0.4 is 10.1 Å². The van der Waals surface area contributed by atoms with Gasteiger partial charge in [0.15, 0.2) is 0 Å². The van der Waals surface area contributed by atoms with Crippen molar-refractivity contribution in [1.29, 1.82) is 0 Å². The molecule has 1 amide bonds. The summed E-state index contributed by atoms with van der Waals surface area (Å²) in [5.74, 6) is 0.293. The Kier molecular flexibility index (Phi) is 7.16. The smallest absolute Gasteiger partial charge is 0.243 e. The molecule has 0 bridgehead atoms. The van der Waals surface area contributed by atoms with Crippen molar-refractivity contribution in [3.05, 3.63) is 59.1 Å². The number of ether oxygens (including phenoxy) is 1. The Labute approximate surface area is 176 Å². The fraction of sp³-hybridized carbons (Fsp3) is 0.381. The van der Waals surface area contributed by atoms with E-state index in [1.54, 1.807) is 12.1 Å². The van der Waals surface area contributed by atoms with Crippen LogP contribution in [0.2, 0.25) is 5.02 Å². The molecule has 0 saturated carbocycles. The number of nitrogens with zero attached hydrogens (tertiary/aromatic N) is 1. The molecule has 0 aliphatic carbocycles. The number of piperidine rings is 1. The molecule has 1 aliphatic rings. The third-order valence-electron chi connectivity index (χ3n) is 4.91. The van der Waals surface area contributed by atoms with Gasteiger partial charge in [0, 0.05) is 24.7 Å². The molecular formula is C21H25ClN2O4S. The molecule has 1 fully saturated rings. The van der Waals surface area contributed by atoms with Crippen LogP contribution in [0.1, 0.15) is 25.3 Å². The monoisotopic (exact) mass is 436 g/mol. The van der Waals surface area contributed by atoms with Crippen LogP contribution in [0, 0.1) is 5.92 Å². The van der Waals surface area contributed by atoms with Crippen LogP contribution in [0.15, 0.2) is 53.4 Å². The Hall–Kier alpha value is -2.09. The molecule has 1 aliphatic heterocycles. The summed E-state index contributed by atoms with van der Waals surface area (Å²) in [7, 11) is -3.64. The molecule has 1 N–H and O–H groups in total. The van der Waals surface area contributed by atoms with Gasteiger partial charge in [0.2, 0.25) is 15.9 Å². The fourth-order valence-corrected chi connectivity index (χ4v) is 4.98. The Morgan fingerprint density at radius 2 is 1.86 bits per heavy atom. The molecule has 0 unspecified atom stereocenters. The van der Waals surface area contributed by atoms with Gasteiger partial charge in [-0.1, -0.05) is 23.7 Å². The number of rotatable bonds is 7. The lowest BCUT2D eigenvalue weighted by atomic mass is 9.99. The van der Waals surface area contributed by atoms with Gasteiger partial charge in [0.1, 0.15) is 5.75 Å². The van der Waals surface area contributed by atoms with Crippen molar-refractivity contribution in [1.82, 2.24) is 9.62 Å². The average molecular weight is 437 g/mol. The van der Waals surface area contributed by atoms with Gasteiger partial charge in [-0.3, -0.25) is 4.79 Å². The van der Waals surface area contributed by atoms with Gasteiger partial charge >= 0.3 is 0 Å². The highest BCUT2D eigenvalue weighted by Crippen LogP contribution is 2.25. The summed E-state index contributed by atoms with van der Waals surface area (Å²) in [4.78, 5) is 12.8. The number of sulfonamides is 1. The lowest BCUT2D eigenvalue weighted by molar-refractivity contribution is -0.126. The summed E-state index contributed by atoms with van der Waals surface area (Å²) in [6.45, 7) is 3.52. The molecule has 0 aromatic heterocycles. The largest absolute Gasteiger partial charge is 0.494 e. The van der Waals surface area contributed by atoms with E-state index in [4.69, 9.17) is 16.3 Å². The zero-order valence-corrected chi connectivity index (χ0v) is 17.9. The van der Waals surface area contributed by atoms with Gasteiger partial charge in [-0.05, 0) is 61.7 Å². The zero-order chi connectivity index (χ0) is 20.9. The number of carbonyl (C=O) groups is 1. The molecule has 1 saturated heterocycles. The van der Waals surface area contributed by atoms with Crippen molar-refractivity contribution in [3.63, 3.8) is 0 Å². The number of hydrogen-bond donors (Lipinski definition) is 1. The average Bonchev–Trinajstić information content (AvgIpc) is 2.73. The first kappa shape index (κ1) is 21.6. The summed E-state index contributed by atoms with van der Waals surface area (Å²) in [5, 5.41) is 3.40. The van der Waals surface area contributed by atoms with Crippen molar-refractivity contribution in [2.45, 2.75) is 31.2 Å². The molecule has 2 aromatic carbocycles. The standard InChI is InChI=1S/C21H25ClN2O4S/c1-2-28-19-9-5-16(6-10-19)14-23-21(25)17-4-3-13-24(15-17)29(26,27)20-11-7-18(22)8-12-20/h5-12,17H,2-4,13-15H2,1H3,(H,23,25)/t17-/m0/s1.